The largest absolute Gasteiger partial charge is 0.494 e. The van der Waals surface area contributed by atoms with Gasteiger partial charge in [0.15, 0.2) is 0 Å². The molecule has 148 valence electrons. The average molecular weight is 360 g/mol. The van der Waals surface area contributed by atoms with Crippen molar-refractivity contribution in [2.24, 2.45) is 4.99 Å². The van der Waals surface area contributed by atoms with Crippen molar-refractivity contribution in [3.8, 4) is 5.75 Å². The number of ether oxygens (including phenoxy) is 1. The topological polar surface area (TPSA) is 21.6 Å². The van der Waals surface area contributed by atoms with E-state index in [0.29, 0.717) is 0 Å². The summed E-state index contributed by atoms with van der Waals surface area (Å²) < 4.78 is 5.80. The fraction of sp³-hybridized carbons (Fsp3) is 0.708. The summed E-state index contributed by atoms with van der Waals surface area (Å²) in [6, 6.07) is 8.32. The second-order valence-electron chi connectivity index (χ2n) is 7.34. The highest BCUT2D eigenvalue weighted by Crippen LogP contribution is 2.13. The Balaban J connectivity index is 2.04. The first-order valence-corrected chi connectivity index (χ1v) is 11.1. The summed E-state index contributed by atoms with van der Waals surface area (Å²) in [7, 11) is 0. The van der Waals surface area contributed by atoms with E-state index in [1.165, 1.54) is 82.6 Å². The molecule has 0 bridgehead atoms. The van der Waals surface area contributed by atoms with Crippen LogP contribution in [-0.2, 0) is 0 Å². The molecule has 0 amide bonds. The standard InChI is InChI=1S/C24H41NO/c1-3-5-7-9-10-11-12-14-20-25-22-23-16-18-24(19-17-23)26-21-15-13-8-6-4-2/h16-19,22H,3-15,20-21H2,1-2H3. The van der Waals surface area contributed by atoms with Crippen LogP contribution in [0.2, 0.25) is 0 Å². The molecule has 0 unspecified atom stereocenters. The predicted molar refractivity (Wildman–Crippen MR) is 116 cm³/mol. The van der Waals surface area contributed by atoms with Gasteiger partial charge in [-0.05, 0) is 42.7 Å². The van der Waals surface area contributed by atoms with E-state index in [4.69, 9.17) is 4.74 Å². The van der Waals surface area contributed by atoms with Gasteiger partial charge < -0.3 is 4.74 Å². The number of hydrogen-bond acceptors (Lipinski definition) is 2. The third kappa shape index (κ3) is 13.0. The molecule has 0 aromatic heterocycles. The number of aliphatic imine (C=N–C) groups is 1. The van der Waals surface area contributed by atoms with Crippen LogP contribution in [0.1, 0.15) is 103 Å². The van der Waals surface area contributed by atoms with E-state index in [2.05, 4.69) is 43.1 Å². The van der Waals surface area contributed by atoms with E-state index in [1.54, 1.807) is 0 Å². The molecule has 0 aliphatic heterocycles. The number of hydrogen-bond donors (Lipinski definition) is 0. The highest BCUT2D eigenvalue weighted by Gasteiger charge is 1.95. The molecule has 1 aromatic rings. The molecule has 1 rings (SSSR count). The van der Waals surface area contributed by atoms with Gasteiger partial charge >= 0.3 is 0 Å². The number of rotatable bonds is 17. The lowest BCUT2D eigenvalue weighted by molar-refractivity contribution is 0.304. The second-order valence-corrected chi connectivity index (χ2v) is 7.34. The summed E-state index contributed by atoms with van der Waals surface area (Å²) in [6.07, 6.45) is 19.2. The zero-order valence-corrected chi connectivity index (χ0v) is 17.3. The highest BCUT2D eigenvalue weighted by molar-refractivity contribution is 5.79. The first-order chi connectivity index (χ1) is 12.9. The molecular weight excluding hydrogens is 318 g/mol. The minimum absolute atomic E-state index is 0.829. The van der Waals surface area contributed by atoms with Crippen LogP contribution in [0.4, 0.5) is 0 Å². The third-order valence-electron chi connectivity index (χ3n) is 4.78. The van der Waals surface area contributed by atoms with Crippen molar-refractivity contribution in [3.63, 3.8) is 0 Å². The number of unbranched alkanes of at least 4 members (excludes halogenated alkanes) is 11. The van der Waals surface area contributed by atoms with Gasteiger partial charge in [-0.3, -0.25) is 4.99 Å². The molecular formula is C24H41NO. The second kappa shape index (κ2) is 17.1. The fourth-order valence-electron chi connectivity index (χ4n) is 3.05. The zero-order chi connectivity index (χ0) is 18.7. The molecule has 1 aromatic carbocycles. The minimum Gasteiger partial charge on any atom is -0.494 e. The lowest BCUT2D eigenvalue weighted by atomic mass is 10.1. The van der Waals surface area contributed by atoms with Gasteiger partial charge in [-0.2, -0.15) is 0 Å². The molecule has 0 fully saturated rings. The van der Waals surface area contributed by atoms with Crippen LogP contribution >= 0.6 is 0 Å². The van der Waals surface area contributed by atoms with Crippen molar-refractivity contribution in [2.75, 3.05) is 13.2 Å². The number of nitrogens with zero attached hydrogens (tertiary/aromatic N) is 1. The smallest absolute Gasteiger partial charge is 0.119 e. The van der Waals surface area contributed by atoms with Gasteiger partial charge in [0.05, 0.1) is 6.61 Å². The molecule has 0 aliphatic rings. The zero-order valence-electron chi connectivity index (χ0n) is 17.3. The maximum Gasteiger partial charge on any atom is 0.119 e. The van der Waals surface area contributed by atoms with Gasteiger partial charge in [-0.25, -0.2) is 0 Å². The van der Waals surface area contributed by atoms with Gasteiger partial charge in [0.1, 0.15) is 5.75 Å². The van der Waals surface area contributed by atoms with Crippen molar-refractivity contribution >= 4 is 6.21 Å². The third-order valence-corrected chi connectivity index (χ3v) is 4.78. The molecule has 0 N–H and O–H groups in total. The first kappa shape index (κ1) is 22.7. The van der Waals surface area contributed by atoms with Crippen molar-refractivity contribution in [2.45, 2.75) is 97.3 Å². The van der Waals surface area contributed by atoms with Gasteiger partial charge in [-0.15, -0.1) is 0 Å². The molecule has 0 aliphatic carbocycles. The van der Waals surface area contributed by atoms with Crippen LogP contribution in [-0.4, -0.2) is 19.4 Å². The van der Waals surface area contributed by atoms with E-state index in [-0.39, 0.29) is 0 Å². The highest BCUT2D eigenvalue weighted by atomic mass is 16.5. The molecule has 0 atom stereocenters. The van der Waals surface area contributed by atoms with Crippen LogP contribution in [0.3, 0.4) is 0 Å². The Morgan fingerprint density at radius 1 is 0.692 bits per heavy atom. The molecule has 0 saturated heterocycles. The van der Waals surface area contributed by atoms with E-state index in [0.717, 1.165) is 25.3 Å². The van der Waals surface area contributed by atoms with Gasteiger partial charge in [0, 0.05) is 12.8 Å². The fourth-order valence-corrected chi connectivity index (χ4v) is 3.05. The van der Waals surface area contributed by atoms with Crippen LogP contribution in [0.25, 0.3) is 0 Å². The molecule has 0 saturated carbocycles. The van der Waals surface area contributed by atoms with Crippen molar-refractivity contribution in [1.82, 2.24) is 0 Å². The monoisotopic (exact) mass is 359 g/mol. The van der Waals surface area contributed by atoms with Crippen LogP contribution in [0, 0.1) is 0 Å². The van der Waals surface area contributed by atoms with Crippen molar-refractivity contribution < 1.29 is 4.74 Å². The van der Waals surface area contributed by atoms with E-state index >= 15 is 0 Å². The van der Waals surface area contributed by atoms with Crippen LogP contribution in [0.15, 0.2) is 29.3 Å². The Kier molecular flexibility index (Phi) is 15.0. The Morgan fingerprint density at radius 2 is 1.23 bits per heavy atom. The van der Waals surface area contributed by atoms with Crippen LogP contribution in [0.5, 0.6) is 5.75 Å². The normalized spacial score (nSPS) is 11.3. The summed E-state index contributed by atoms with van der Waals surface area (Å²) in [6.45, 7) is 6.30. The molecule has 0 heterocycles. The van der Waals surface area contributed by atoms with E-state index in [1.807, 2.05) is 6.21 Å². The van der Waals surface area contributed by atoms with Crippen LogP contribution < -0.4 is 4.74 Å². The molecule has 26 heavy (non-hydrogen) atoms. The molecule has 0 spiro atoms. The predicted octanol–water partition coefficient (Wildman–Crippen LogP) is 7.60. The summed E-state index contributed by atoms with van der Waals surface area (Å²) >= 11 is 0. The summed E-state index contributed by atoms with van der Waals surface area (Å²) in [4.78, 5) is 4.56. The lowest BCUT2D eigenvalue weighted by Crippen LogP contribution is -1.97. The quantitative estimate of drug-likeness (QED) is 0.207. The van der Waals surface area contributed by atoms with E-state index < -0.39 is 0 Å². The molecule has 2 heteroatoms. The maximum absolute atomic E-state index is 5.80. The Labute approximate surface area is 162 Å². The maximum atomic E-state index is 5.80. The Morgan fingerprint density at radius 3 is 1.85 bits per heavy atom. The average Bonchev–Trinajstić information content (AvgIpc) is 2.67. The Bertz CT molecular complexity index is 438. The summed E-state index contributed by atoms with van der Waals surface area (Å²) in [5.74, 6) is 0.973. The SMILES string of the molecule is CCCCCCCCCCN=Cc1ccc(OCCCCCCC)cc1. The lowest BCUT2D eigenvalue weighted by Gasteiger charge is -2.06. The summed E-state index contributed by atoms with van der Waals surface area (Å²) in [5.41, 5.74) is 1.17. The minimum atomic E-state index is 0.829. The van der Waals surface area contributed by atoms with Crippen molar-refractivity contribution in [3.05, 3.63) is 29.8 Å². The Hall–Kier alpha value is -1.31. The summed E-state index contributed by atoms with van der Waals surface area (Å²) in [5, 5.41) is 0. The van der Waals surface area contributed by atoms with Gasteiger partial charge in [0.25, 0.3) is 0 Å². The van der Waals surface area contributed by atoms with Crippen molar-refractivity contribution in [1.29, 1.82) is 0 Å². The van der Waals surface area contributed by atoms with Gasteiger partial charge in [0.2, 0.25) is 0 Å². The molecule has 0 radical (unpaired) electrons. The number of benzene rings is 1. The first-order valence-electron chi connectivity index (χ1n) is 11.1. The molecule has 2 nitrogen and oxygen atoms in total. The van der Waals surface area contributed by atoms with E-state index in [9.17, 15) is 0 Å². The van der Waals surface area contributed by atoms with Gasteiger partial charge in [-0.1, -0.05) is 84.5 Å².